The Kier molecular flexibility index (Phi) is 5.95. The summed E-state index contributed by atoms with van der Waals surface area (Å²) in [6.45, 7) is 2.11. The van der Waals surface area contributed by atoms with E-state index in [0.29, 0.717) is 17.2 Å². The molecule has 0 saturated heterocycles. The molecule has 8 heteroatoms. The van der Waals surface area contributed by atoms with Crippen LogP contribution < -0.4 is 10.6 Å². The van der Waals surface area contributed by atoms with Crippen LogP contribution in [0, 0.1) is 0 Å². The fourth-order valence-electron chi connectivity index (χ4n) is 2.42. The Balaban J connectivity index is 2.23. The van der Waals surface area contributed by atoms with Crippen LogP contribution in [0.4, 0.5) is 9.80 Å². The van der Waals surface area contributed by atoms with E-state index in [4.69, 9.17) is 17.0 Å². The molecule has 6 nitrogen and oxygen atoms in total. The van der Waals surface area contributed by atoms with Crippen LogP contribution >= 0.6 is 23.6 Å². The van der Waals surface area contributed by atoms with Gasteiger partial charge in [0.1, 0.15) is 5.00 Å². The molecule has 0 radical (unpaired) electrons. The summed E-state index contributed by atoms with van der Waals surface area (Å²) in [5, 5.41) is 6.38. The first-order chi connectivity index (χ1) is 10.9. The number of anilines is 1. The smallest absolute Gasteiger partial charge is 0.341 e. The molecule has 0 saturated carbocycles. The average Bonchev–Trinajstić information content (AvgIpc) is 2.84. The second-order valence-electron chi connectivity index (χ2n) is 5.41. The van der Waals surface area contributed by atoms with Crippen molar-refractivity contribution in [3.8, 4) is 0 Å². The zero-order valence-corrected chi connectivity index (χ0v) is 15.2. The number of hydrogen-bond acceptors (Lipinski definition) is 5. The number of ether oxygens (including phenoxy) is 1. The molecule has 0 unspecified atom stereocenters. The number of carbonyl (C=O) groups excluding carboxylic acids is 2. The summed E-state index contributed by atoms with van der Waals surface area (Å²) < 4.78 is 5.18. The number of urea groups is 1. The molecule has 2 rings (SSSR count). The van der Waals surface area contributed by atoms with Gasteiger partial charge < -0.3 is 15.0 Å². The maximum absolute atomic E-state index is 12.3. The number of nitrogens with one attached hydrogen (secondary N) is 2. The molecule has 0 bridgehead atoms. The van der Waals surface area contributed by atoms with E-state index in [1.807, 2.05) is 0 Å². The SMILES string of the molecule is CCOC(=O)c1c(NC(=S)NC(=O)N(C)C)sc2c1CCCC2. The van der Waals surface area contributed by atoms with Gasteiger partial charge in [-0.25, -0.2) is 9.59 Å². The van der Waals surface area contributed by atoms with Crippen LogP contribution in [0.2, 0.25) is 0 Å². The molecule has 0 aromatic carbocycles. The lowest BCUT2D eigenvalue weighted by Crippen LogP contribution is -2.40. The van der Waals surface area contributed by atoms with Gasteiger partial charge in [-0.05, 0) is 50.4 Å². The molecular formula is C15H21N3O3S2. The molecule has 1 aromatic heterocycles. The minimum absolute atomic E-state index is 0.174. The van der Waals surface area contributed by atoms with Crippen LogP contribution in [0.25, 0.3) is 0 Å². The Labute approximate surface area is 145 Å². The first-order valence-corrected chi connectivity index (χ1v) is 8.77. The standard InChI is InChI=1S/C15H21N3O3S2/c1-4-21-13(19)11-9-7-5-6-8-10(9)23-12(11)16-14(22)17-15(20)18(2)3/h4-8H2,1-3H3,(H2,16,17,20,22). The Morgan fingerprint density at radius 3 is 2.65 bits per heavy atom. The van der Waals surface area contributed by atoms with E-state index in [-0.39, 0.29) is 17.1 Å². The van der Waals surface area contributed by atoms with E-state index in [1.54, 1.807) is 21.0 Å². The third kappa shape index (κ3) is 4.20. The number of carbonyl (C=O) groups is 2. The molecule has 23 heavy (non-hydrogen) atoms. The Morgan fingerprint density at radius 2 is 2.00 bits per heavy atom. The number of fused-ring (bicyclic) bond motifs is 1. The summed E-state index contributed by atoms with van der Waals surface area (Å²) >= 11 is 6.68. The van der Waals surface area contributed by atoms with Gasteiger partial charge in [0.15, 0.2) is 5.11 Å². The predicted molar refractivity (Wildman–Crippen MR) is 95.4 cm³/mol. The molecule has 2 amide bonds. The molecule has 0 fully saturated rings. The third-order valence-electron chi connectivity index (χ3n) is 3.50. The number of aryl methyl sites for hydroxylation is 1. The molecule has 126 valence electrons. The van der Waals surface area contributed by atoms with E-state index in [0.717, 1.165) is 31.2 Å². The van der Waals surface area contributed by atoms with Crippen LogP contribution in [0.1, 0.15) is 40.6 Å². The van der Waals surface area contributed by atoms with Crippen LogP contribution in [0.3, 0.4) is 0 Å². The number of esters is 1. The molecule has 1 aromatic rings. The molecule has 1 aliphatic carbocycles. The summed E-state index contributed by atoms with van der Waals surface area (Å²) in [4.78, 5) is 26.6. The van der Waals surface area contributed by atoms with Crippen molar-refractivity contribution in [2.75, 3.05) is 26.0 Å². The van der Waals surface area contributed by atoms with Crippen LogP contribution in [-0.2, 0) is 17.6 Å². The van der Waals surface area contributed by atoms with Gasteiger partial charge in [-0.2, -0.15) is 0 Å². The van der Waals surface area contributed by atoms with Crippen molar-refractivity contribution in [3.05, 3.63) is 16.0 Å². The summed E-state index contributed by atoms with van der Waals surface area (Å²) in [6.07, 6.45) is 4.03. The molecule has 0 aliphatic heterocycles. The van der Waals surface area contributed by atoms with Crippen molar-refractivity contribution in [1.82, 2.24) is 10.2 Å². The summed E-state index contributed by atoms with van der Waals surface area (Å²) in [5.74, 6) is -0.337. The number of rotatable bonds is 3. The van der Waals surface area contributed by atoms with Crippen molar-refractivity contribution in [2.24, 2.45) is 0 Å². The van der Waals surface area contributed by atoms with E-state index in [9.17, 15) is 9.59 Å². The van der Waals surface area contributed by atoms with Gasteiger partial charge in [0.25, 0.3) is 0 Å². The minimum atomic E-state index is -0.337. The summed E-state index contributed by atoms with van der Waals surface area (Å²) in [7, 11) is 3.26. The number of hydrogen-bond donors (Lipinski definition) is 2. The van der Waals surface area contributed by atoms with E-state index in [2.05, 4.69) is 10.6 Å². The second-order valence-corrected chi connectivity index (χ2v) is 6.93. The van der Waals surface area contributed by atoms with E-state index in [1.165, 1.54) is 21.1 Å². The largest absolute Gasteiger partial charge is 0.462 e. The van der Waals surface area contributed by atoms with Gasteiger partial charge in [-0.1, -0.05) is 0 Å². The summed E-state index contributed by atoms with van der Waals surface area (Å²) in [6, 6.07) is -0.318. The Morgan fingerprint density at radius 1 is 1.30 bits per heavy atom. The van der Waals surface area contributed by atoms with Gasteiger partial charge in [0.05, 0.1) is 12.2 Å². The normalized spacial score (nSPS) is 13.0. The van der Waals surface area contributed by atoms with Crippen molar-refractivity contribution < 1.29 is 14.3 Å². The topological polar surface area (TPSA) is 70.7 Å². The number of nitrogens with zero attached hydrogens (tertiary/aromatic N) is 1. The van der Waals surface area contributed by atoms with Gasteiger partial charge in [-0.15, -0.1) is 11.3 Å². The lowest BCUT2D eigenvalue weighted by molar-refractivity contribution is 0.0526. The zero-order valence-electron chi connectivity index (χ0n) is 13.5. The third-order valence-corrected chi connectivity index (χ3v) is 4.92. The van der Waals surface area contributed by atoms with Crippen LogP contribution in [0.5, 0.6) is 0 Å². The molecule has 0 atom stereocenters. The highest BCUT2D eigenvalue weighted by Gasteiger charge is 2.26. The summed E-state index contributed by atoms with van der Waals surface area (Å²) in [5.41, 5.74) is 1.62. The predicted octanol–water partition coefficient (Wildman–Crippen LogP) is 2.77. The first kappa shape index (κ1) is 17.7. The van der Waals surface area contributed by atoms with Crippen molar-refractivity contribution in [2.45, 2.75) is 32.6 Å². The van der Waals surface area contributed by atoms with Gasteiger partial charge in [0.2, 0.25) is 0 Å². The average molecular weight is 355 g/mol. The maximum Gasteiger partial charge on any atom is 0.341 e. The molecule has 0 spiro atoms. The number of thiocarbonyl (C=S) groups is 1. The highest BCUT2D eigenvalue weighted by molar-refractivity contribution is 7.80. The molecule has 2 N–H and O–H groups in total. The minimum Gasteiger partial charge on any atom is -0.462 e. The van der Waals surface area contributed by atoms with Crippen molar-refractivity contribution in [3.63, 3.8) is 0 Å². The van der Waals surface area contributed by atoms with Crippen LogP contribution in [-0.4, -0.2) is 42.7 Å². The number of thiophene rings is 1. The Hall–Kier alpha value is -1.67. The molecule has 1 aliphatic rings. The second kappa shape index (κ2) is 7.74. The highest BCUT2D eigenvalue weighted by Crippen LogP contribution is 2.38. The van der Waals surface area contributed by atoms with Gasteiger partial charge >= 0.3 is 12.0 Å². The monoisotopic (exact) mass is 355 g/mol. The first-order valence-electron chi connectivity index (χ1n) is 7.55. The molecule has 1 heterocycles. The Bertz CT molecular complexity index is 626. The fraction of sp³-hybridized carbons (Fsp3) is 0.533. The number of amides is 2. The molecular weight excluding hydrogens is 334 g/mol. The zero-order chi connectivity index (χ0) is 17.0. The quantitative estimate of drug-likeness (QED) is 0.644. The lowest BCUT2D eigenvalue weighted by atomic mass is 9.95. The lowest BCUT2D eigenvalue weighted by Gasteiger charge is -2.14. The van der Waals surface area contributed by atoms with Gasteiger partial charge in [-0.3, -0.25) is 5.32 Å². The van der Waals surface area contributed by atoms with Gasteiger partial charge in [0, 0.05) is 19.0 Å². The fourth-order valence-corrected chi connectivity index (χ4v) is 3.95. The van der Waals surface area contributed by atoms with E-state index < -0.39 is 0 Å². The van der Waals surface area contributed by atoms with Crippen molar-refractivity contribution >= 4 is 45.7 Å². The van der Waals surface area contributed by atoms with Crippen molar-refractivity contribution in [1.29, 1.82) is 0 Å². The van der Waals surface area contributed by atoms with Crippen LogP contribution in [0.15, 0.2) is 0 Å². The maximum atomic E-state index is 12.3. The highest BCUT2D eigenvalue weighted by atomic mass is 32.1. The van der Waals surface area contributed by atoms with E-state index >= 15 is 0 Å².